The van der Waals surface area contributed by atoms with Crippen molar-refractivity contribution < 1.29 is 205 Å². The van der Waals surface area contributed by atoms with Gasteiger partial charge in [-0.25, -0.2) is 0 Å². The normalized spacial score (nSPS) is 15.2. The first-order chi connectivity index (χ1) is 62.0. The van der Waals surface area contributed by atoms with Gasteiger partial charge in [0.05, 0.1) is 341 Å². The maximum atomic E-state index is 13.6. The number of carbonyl (C=O) groups is 5. The lowest BCUT2D eigenvalue weighted by atomic mass is 10.0. The molecule has 0 bridgehead atoms. The number of ketones is 1. The van der Waals surface area contributed by atoms with Crippen molar-refractivity contribution >= 4 is 29.4 Å². The van der Waals surface area contributed by atoms with Crippen LogP contribution in [0.15, 0.2) is 0 Å². The molecule has 0 spiro atoms. The number of hydrogen-bond donors (Lipinski definition) is 20. The van der Waals surface area contributed by atoms with Crippen molar-refractivity contribution in [3.05, 3.63) is 0 Å². The Morgan fingerprint density at radius 3 is 0.766 bits per heavy atom. The van der Waals surface area contributed by atoms with E-state index >= 15 is 0 Å². The van der Waals surface area contributed by atoms with E-state index in [2.05, 4.69) is 26.6 Å². The average Bonchev–Trinajstić information content (AvgIpc) is 0.852. The second-order valence-corrected chi connectivity index (χ2v) is 28.4. The zero-order valence-electron chi connectivity index (χ0n) is 75.0. The Bertz CT molecular complexity index is 2460. The summed E-state index contributed by atoms with van der Waals surface area (Å²) in [4.78, 5) is 62.4. The Balaban J connectivity index is 3.81. The highest BCUT2D eigenvalue weighted by Gasteiger charge is 2.37. The zero-order valence-corrected chi connectivity index (χ0v) is 75.0. The van der Waals surface area contributed by atoms with Crippen LogP contribution >= 0.6 is 0 Å². The fourth-order valence-corrected chi connectivity index (χ4v) is 10.6. The van der Waals surface area contributed by atoms with Crippen LogP contribution in [-0.2, 0) is 128 Å². The summed E-state index contributed by atoms with van der Waals surface area (Å²) in [7, 11) is 0. The van der Waals surface area contributed by atoms with Gasteiger partial charge in [0.15, 0.2) is 5.78 Å². The molecule has 0 aromatic carbocycles. The molecule has 20 N–H and O–H groups in total. The van der Waals surface area contributed by atoms with Gasteiger partial charge in [0.1, 0.15) is 54.9 Å². The number of unbranched alkanes of at least 4 members (excludes halogenated alkanes) is 1. The molecular weight excluding hydrogens is 1720 g/mol. The first-order valence-corrected chi connectivity index (χ1v) is 43.8. The molecule has 0 fully saturated rings. The molecule has 0 aromatic rings. The number of rotatable bonds is 101. The minimum atomic E-state index is -2.14. The first kappa shape index (κ1) is 124. The summed E-state index contributed by atoms with van der Waals surface area (Å²) in [6, 6.07) is -2.12. The van der Waals surface area contributed by atoms with Crippen LogP contribution in [0.3, 0.4) is 0 Å². The maximum Gasteiger partial charge on any atom is 0.238 e. The van der Waals surface area contributed by atoms with Gasteiger partial charge >= 0.3 is 0 Å². The third-order valence-corrected chi connectivity index (χ3v) is 17.8. The van der Waals surface area contributed by atoms with Crippen LogP contribution in [0.4, 0.5) is 0 Å². The minimum absolute atomic E-state index is 0.0537. The van der Waals surface area contributed by atoms with Crippen LogP contribution in [0.2, 0.25) is 0 Å². The second kappa shape index (κ2) is 90.8. The monoisotopic (exact) mass is 1880 g/mol. The van der Waals surface area contributed by atoms with E-state index < -0.39 is 137 Å². The van der Waals surface area contributed by atoms with Crippen molar-refractivity contribution in [3.63, 3.8) is 0 Å². The van der Waals surface area contributed by atoms with Crippen molar-refractivity contribution in [2.75, 3.05) is 356 Å². The fourth-order valence-electron chi connectivity index (χ4n) is 10.6. The molecule has 0 aliphatic carbocycles. The molecule has 48 nitrogen and oxygen atoms in total. The standard InChI is InChI=1S/C80H158N6O42/c1-62(90)64(85-73(99)7-12-108-16-20-112-24-28-116-32-36-120-40-44-124-47-49-125-45-41-121-37-33-117-29-25-113-21-17-109-13-9-81-63(2)91)5-3-4-8-82-72(98)6-11-107-15-19-111-23-27-115-31-35-119-39-43-123-48-51-127-53-54-128-52-50-126-46-42-122-38-34-118-30-26-114-22-18-110-14-10-83-80(106)65(84-55-66(92)74(100)77(103)69(95)59-87)56-86(57-67(93)75(101)78(104)70(96)60-88)58-68(94)76(102)79(105)71(97)61-89/h64-71,74-79,84,87-89,92-97,100-105H,3-61H2,1-2H3,(H,81,91)(H,82,98)(H,83,106)(H,85,99)/t64?,65?,66-,67-,68-,69+,70+,71+,74+,75+,76+,77+,78+,79+/m0/s1. The summed E-state index contributed by atoms with van der Waals surface area (Å²) in [5.74, 6) is -1.51. The van der Waals surface area contributed by atoms with E-state index in [1.165, 1.54) is 13.8 Å². The lowest BCUT2D eigenvalue weighted by Crippen LogP contribution is -2.58. The van der Waals surface area contributed by atoms with Crippen LogP contribution in [0.5, 0.6) is 0 Å². The Morgan fingerprint density at radius 2 is 0.500 bits per heavy atom. The highest BCUT2D eigenvalue weighted by molar-refractivity contribution is 5.87. The van der Waals surface area contributed by atoms with E-state index in [1.54, 1.807) is 0 Å². The van der Waals surface area contributed by atoms with Crippen molar-refractivity contribution in [3.8, 4) is 0 Å². The summed E-state index contributed by atoms with van der Waals surface area (Å²) in [5.41, 5.74) is 0. The van der Waals surface area contributed by atoms with Gasteiger partial charge in [0, 0.05) is 65.6 Å². The smallest absolute Gasteiger partial charge is 0.238 e. The number of Topliss-reactive ketones (excluding diaryl/α,β-unsaturated/α-hetero) is 1. The molecule has 0 rings (SSSR count). The number of aliphatic hydroxyl groups is 15. The van der Waals surface area contributed by atoms with Gasteiger partial charge in [-0.1, -0.05) is 0 Å². The molecule has 0 saturated carbocycles. The summed E-state index contributed by atoms with van der Waals surface area (Å²) in [6.07, 6.45) is -22.1. The number of hydrogen-bond acceptors (Lipinski definition) is 44. The van der Waals surface area contributed by atoms with Gasteiger partial charge in [-0.3, -0.25) is 28.9 Å². The first-order valence-electron chi connectivity index (χ1n) is 43.8. The van der Waals surface area contributed by atoms with Crippen LogP contribution in [0, 0.1) is 0 Å². The van der Waals surface area contributed by atoms with Crippen LogP contribution in [-0.4, -0.2) is 553 Å². The SMILES string of the molecule is CC(=O)NCCOCCOCCOCCOCCOCCOCCOCCOCCOCCOCCC(=O)NC(CCCCNC(=O)CCOCCOCCOCCOCCOCCOCCOCCOCCOCCOCCOCCOCCNC(=O)C(CN(C[C@H](O)[C@@H](O)[C@H](O)[C@H](O)CO)C[C@H](O)[C@@H](O)[C@H](O)[C@H](O)CO)NC[C@H](O)[C@@H](O)[C@H](O)[C@H](O)CO)C(C)=O. The lowest BCUT2D eigenvalue weighted by molar-refractivity contribution is -0.133. The summed E-state index contributed by atoms with van der Waals surface area (Å²) >= 11 is 0. The number of carbonyl (C=O) groups excluding carboxylic acids is 5. The molecular formula is C80H158N6O42. The molecule has 760 valence electrons. The summed E-state index contributed by atoms with van der Waals surface area (Å²) in [6.45, 7) is 13.8. The van der Waals surface area contributed by atoms with E-state index in [9.17, 15) is 101 Å². The molecule has 0 aliphatic rings. The Kier molecular flexibility index (Phi) is 87.9. The van der Waals surface area contributed by atoms with E-state index in [0.29, 0.717) is 277 Å². The Morgan fingerprint density at radius 1 is 0.258 bits per heavy atom. The fraction of sp³-hybridized carbons (Fsp3) is 0.938. The van der Waals surface area contributed by atoms with Gasteiger partial charge < -0.3 is 207 Å². The molecule has 0 aromatic heterocycles. The van der Waals surface area contributed by atoms with Gasteiger partial charge in [-0.15, -0.1) is 0 Å². The van der Waals surface area contributed by atoms with Crippen LogP contribution < -0.4 is 26.6 Å². The molecule has 0 heterocycles. The number of aliphatic hydroxyl groups excluding tert-OH is 15. The Labute approximate surface area is 750 Å². The topological polar surface area (TPSA) is 655 Å². The van der Waals surface area contributed by atoms with E-state index in [4.69, 9.17) is 104 Å². The molecule has 128 heavy (non-hydrogen) atoms. The number of nitrogens with one attached hydrogen (secondary N) is 5. The summed E-state index contributed by atoms with van der Waals surface area (Å²) < 4.78 is 121. The van der Waals surface area contributed by atoms with E-state index in [0.717, 1.165) is 4.90 Å². The highest BCUT2D eigenvalue weighted by atomic mass is 16.6. The van der Waals surface area contributed by atoms with Crippen molar-refractivity contribution in [2.24, 2.45) is 0 Å². The number of ether oxygens (including phenoxy) is 22. The van der Waals surface area contributed by atoms with Gasteiger partial charge in [0.2, 0.25) is 23.6 Å². The van der Waals surface area contributed by atoms with Crippen molar-refractivity contribution in [1.29, 1.82) is 0 Å². The predicted octanol–water partition coefficient (Wildman–Crippen LogP) is -10.7. The Hall–Kier alpha value is -4.01. The third-order valence-electron chi connectivity index (χ3n) is 17.8. The van der Waals surface area contributed by atoms with E-state index in [-0.39, 0.29) is 89.1 Å². The number of nitrogens with zero attached hydrogens (tertiary/aromatic N) is 1. The minimum Gasteiger partial charge on any atom is -0.394 e. The largest absolute Gasteiger partial charge is 0.394 e. The third kappa shape index (κ3) is 76.3. The molecule has 2 unspecified atom stereocenters. The molecule has 0 aliphatic heterocycles. The van der Waals surface area contributed by atoms with Crippen LogP contribution in [0.25, 0.3) is 0 Å². The molecule has 4 amide bonds. The zero-order chi connectivity index (χ0) is 94.4. The van der Waals surface area contributed by atoms with Gasteiger partial charge in [-0.05, 0) is 26.2 Å². The molecule has 0 saturated heterocycles. The van der Waals surface area contributed by atoms with E-state index in [1.807, 2.05) is 0 Å². The maximum absolute atomic E-state index is 13.6. The molecule has 48 heteroatoms. The van der Waals surface area contributed by atoms with Gasteiger partial charge in [0.25, 0.3) is 0 Å². The molecule has 0 radical (unpaired) electrons. The van der Waals surface area contributed by atoms with Crippen molar-refractivity contribution in [2.45, 2.75) is 131 Å². The quantitative estimate of drug-likeness (QED) is 0.0251. The highest BCUT2D eigenvalue weighted by Crippen LogP contribution is 2.14. The average molecular weight is 1880 g/mol. The predicted molar refractivity (Wildman–Crippen MR) is 450 cm³/mol. The van der Waals surface area contributed by atoms with Crippen molar-refractivity contribution in [1.82, 2.24) is 31.5 Å². The molecule has 14 atom stereocenters. The van der Waals surface area contributed by atoms with Crippen LogP contribution in [0.1, 0.15) is 46.0 Å². The summed E-state index contributed by atoms with van der Waals surface area (Å²) in [5, 5.41) is 165. The lowest BCUT2D eigenvalue weighted by Gasteiger charge is -2.35. The van der Waals surface area contributed by atoms with Gasteiger partial charge in [-0.2, -0.15) is 0 Å². The second-order valence-electron chi connectivity index (χ2n) is 28.4. The number of amides is 4.